The zero-order valence-electron chi connectivity index (χ0n) is 16.1. The summed E-state index contributed by atoms with van der Waals surface area (Å²) in [6, 6.07) is 12.2. The maximum Gasteiger partial charge on any atom is 0.257 e. The largest absolute Gasteiger partial charge is 0.493 e. The fourth-order valence-electron chi connectivity index (χ4n) is 2.98. The van der Waals surface area contributed by atoms with Crippen LogP contribution in [0.15, 0.2) is 47.5 Å². The van der Waals surface area contributed by atoms with Crippen LogP contribution in [0.3, 0.4) is 0 Å². The highest BCUT2D eigenvalue weighted by atomic mass is 16.5. The zero-order valence-corrected chi connectivity index (χ0v) is 16.1. The van der Waals surface area contributed by atoms with Crippen LogP contribution in [0.25, 0.3) is 0 Å². The second-order valence-corrected chi connectivity index (χ2v) is 6.41. The SMILES string of the molecule is CCOc1ccc(C2CC(=O)NC(NC(=O)c3cccc(C)c3)=N2)cc1OC. The second kappa shape index (κ2) is 8.56. The normalized spacial score (nSPS) is 16.0. The summed E-state index contributed by atoms with van der Waals surface area (Å²) < 4.78 is 10.9. The van der Waals surface area contributed by atoms with Crippen molar-refractivity contribution in [3.63, 3.8) is 0 Å². The van der Waals surface area contributed by atoms with Gasteiger partial charge < -0.3 is 9.47 Å². The first-order valence-corrected chi connectivity index (χ1v) is 9.06. The summed E-state index contributed by atoms with van der Waals surface area (Å²) >= 11 is 0. The van der Waals surface area contributed by atoms with Crippen LogP contribution in [0.1, 0.15) is 40.9 Å². The predicted molar refractivity (Wildman–Crippen MR) is 106 cm³/mol. The zero-order chi connectivity index (χ0) is 20.1. The molecule has 0 radical (unpaired) electrons. The fourth-order valence-corrected chi connectivity index (χ4v) is 2.98. The van der Waals surface area contributed by atoms with E-state index in [9.17, 15) is 9.59 Å². The number of nitrogens with zero attached hydrogens (tertiary/aromatic N) is 1. The van der Waals surface area contributed by atoms with E-state index in [1.54, 1.807) is 37.4 Å². The molecule has 2 aromatic carbocycles. The molecule has 1 unspecified atom stereocenters. The topological polar surface area (TPSA) is 89.0 Å². The van der Waals surface area contributed by atoms with Crippen molar-refractivity contribution >= 4 is 17.8 Å². The molecule has 146 valence electrons. The molecule has 28 heavy (non-hydrogen) atoms. The van der Waals surface area contributed by atoms with Crippen molar-refractivity contribution in [1.82, 2.24) is 10.6 Å². The number of hydrogen-bond acceptors (Lipinski definition) is 5. The average molecular weight is 381 g/mol. The summed E-state index contributed by atoms with van der Waals surface area (Å²) in [5, 5.41) is 5.29. The summed E-state index contributed by atoms with van der Waals surface area (Å²) in [5.41, 5.74) is 2.28. The molecule has 0 spiro atoms. The van der Waals surface area contributed by atoms with Crippen LogP contribution in [-0.4, -0.2) is 31.5 Å². The van der Waals surface area contributed by atoms with E-state index in [2.05, 4.69) is 15.6 Å². The minimum absolute atomic E-state index is 0.139. The number of nitrogens with one attached hydrogen (secondary N) is 2. The summed E-state index contributed by atoms with van der Waals surface area (Å²) in [7, 11) is 1.56. The van der Waals surface area contributed by atoms with Gasteiger partial charge in [-0.05, 0) is 43.7 Å². The fraction of sp³-hybridized carbons (Fsp3) is 0.286. The lowest BCUT2D eigenvalue weighted by atomic mass is 10.0. The van der Waals surface area contributed by atoms with Gasteiger partial charge in [-0.25, -0.2) is 4.99 Å². The molecule has 1 aliphatic heterocycles. The number of amides is 2. The molecular formula is C21H23N3O4. The van der Waals surface area contributed by atoms with Crippen LogP contribution in [0.5, 0.6) is 11.5 Å². The lowest BCUT2D eigenvalue weighted by molar-refractivity contribution is -0.120. The molecular weight excluding hydrogens is 358 g/mol. The first kappa shape index (κ1) is 19.4. The third-order valence-corrected chi connectivity index (χ3v) is 4.31. The Labute approximate surface area is 163 Å². The molecule has 1 heterocycles. The maximum atomic E-state index is 12.5. The van der Waals surface area contributed by atoms with Crippen LogP contribution >= 0.6 is 0 Å². The van der Waals surface area contributed by atoms with Crippen LogP contribution in [0.2, 0.25) is 0 Å². The van der Waals surface area contributed by atoms with Gasteiger partial charge in [0.05, 0.1) is 26.2 Å². The number of aryl methyl sites for hydroxylation is 1. The molecule has 0 bridgehead atoms. The van der Waals surface area contributed by atoms with Crippen LogP contribution in [0.4, 0.5) is 0 Å². The predicted octanol–water partition coefficient (Wildman–Crippen LogP) is 2.75. The number of ether oxygens (including phenoxy) is 2. The minimum atomic E-state index is -0.425. The summed E-state index contributed by atoms with van der Waals surface area (Å²) in [6.45, 7) is 4.33. The van der Waals surface area contributed by atoms with Crippen LogP contribution in [-0.2, 0) is 4.79 Å². The van der Waals surface area contributed by atoms with Gasteiger partial charge >= 0.3 is 0 Å². The van der Waals surface area contributed by atoms with Crippen molar-refractivity contribution in [3.05, 3.63) is 59.2 Å². The number of benzene rings is 2. The Bertz CT molecular complexity index is 924. The molecule has 0 aromatic heterocycles. The minimum Gasteiger partial charge on any atom is -0.493 e. The molecule has 1 atom stereocenters. The number of aliphatic imine (C=N–C) groups is 1. The highest BCUT2D eigenvalue weighted by Crippen LogP contribution is 2.33. The van der Waals surface area contributed by atoms with E-state index in [1.807, 2.05) is 26.0 Å². The lowest BCUT2D eigenvalue weighted by Crippen LogP contribution is -2.47. The third-order valence-electron chi connectivity index (χ3n) is 4.31. The Morgan fingerprint density at radius 1 is 1.25 bits per heavy atom. The van der Waals surface area contributed by atoms with Crippen molar-refractivity contribution < 1.29 is 19.1 Å². The number of carbonyl (C=O) groups is 2. The highest BCUT2D eigenvalue weighted by molar-refractivity contribution is 6.10. The molecule has 1 aliphatic rings. The standard InChI is InChI=1S/C21H23N3O4/c1-4-28-17-9-8-14(11-18(17)27-3)16-12-19(25)23-21(22-16)24-20(26)15-7-5-6-13(2)10-15/h5-11,16H,4,12H2,1-3H3,(H2,22,23,24,25,26). The van der Waals surface area contributed by atoms with Crippen molar-refractivity contribution in [3.8, 4) is 11.5 Å². The number of carbonyl (C=O) groups excluding carboxylic acids is 2. The van der Waals surface area contributed by atoms with Gasteiger partial charge in [0.2, 0.25) is 11.9 Å². The Morgan fingerprint density at radius 2 is 2.07 bits per heavy atom. The second-order valence-electron chi connectivity index (χ2n) is 6.41. The number of methoxy groups -OCH3 is 1. The van der Waals surface area contributed by atoms with Gasteiger partial charge in [-0.3, -0.25) is 20.2 Å². The van der Waals surface area contributed by atoms with Gasteiger partial charge in [-0.15, -0.1) is 0 Å². The number of guanidine groups is 1. The molecule has 0 saturated heterocycles. The molecule has 0 saturated carbocycles. The molecule has 3 rings (SSSR count). The van der Waals surface area contributed by atoms with E-state index in [1.165, 1.54) is 0 Å². The maximum absolute atomic E-state index is 12.5. The number of hydrogen-bond donors (Lipinski definition) is 2. The van der Waals surface area contributed by atoms with E-state index in [0.29, 0.717) is 23.7 Å². The van der Waals surface area contributed by atoms with Gasteiger partial charge in [0, 0.05) is 5.56 Å². The van der Waals surface area contributed by atoms with Crippen molar-refractivity contribution in [2.45, 2.75) is 26.3 Å². The molecule has 2 N–H and O–H groups in total. The molecule has 0 aliphatic carbocycles. The van der Waals surface area contributed by atoms with E-state index in [4.69, 9.17) is 9.47 Å². The summed E-state index contributed by atoms with van der Waals surface area (Å²) in [4.78, 5) is 29.1. The lowest BCUT2D eigenvalue weighted by Gasteiger charge is -2.22. The van der Waals surface area contributed by atoms with Crippen molar-refractivity contribution in [2.75, 3.05) is 13.7 Å². The van der Waals surface area contributed by atoms with Crippen LogP contribution in [0, 0.1) is 6.92 Å². The molecule has 2 amide bonds. The van der Waals surface area contributed by atoms with E-state index in [-0.39, 0.29) is 24.2 Å². The average Bonchev–Trinajstić information content (AvgIpc) is 2.68. The molecule has 7 nitrogen and oxygen atoms in total. The van der Waals surface area contributed by atoms with Gasteiger partial charge in [-0.1, -0.05) is 23.8 Å². The summed E-state index contributed by atoms with van der Waals surface area (Å²) in [5.74, 6) is 0.803. The summed E-state index contributed by atoms with van der Waals surface area (Å²) in [6.07, 6.45) is 0.181. The molecule has 2 aromatic rings. The Hall–Kier alpha value is -3.35. The Balaban J connectivity index is 1.82. The third kappa shape index (κ3) is 4.49. The van der Waals surface area contributed by atoms with E-state index < -0.39 is 6.04 Å². The monoisotopic (exact) mass is 381 g/mol. The Kier molecular flexibility index (Phi) is 5.93. The van der Waals surface area contributed by atoms with E-state index >= 15 is 0 Å². The van der Waals surface area contributed by atoms with E-state index in [0.717, 1.165) is 11.1 Å². The van der Waals surface area contributed by atoms with Gasteiger partial charge in [-0.2, -0.15) is 0 Å². The van der Waals surface area contributed by atoms with Gasteiger partial charge in [0.25, 0.3) is 5.91 Å². The smallest absolute Gasteiger partial charge is 0.257 e. The first-order valence-electron chi connectivity index (χ1n) is 9.06. The van der Waals surface area contributed by atoms with Crippen molar-refractivity contribution in [2.24, 2.45) is 4.99 Å². The Morgan fingerprint density at radius 3 is 2.79 bits per heavy atom. The van der Waals surface area contributed by atoms with Gasteiger partial charge in [0.1, 0.15) is 0 Å². The van der Waals surface area contributed by atoms with Crippen LogP contribution < -0.4 is 20.1 Å². The van der Waals surface area contributed by atoms with Gasteiger partial charge in [0.15, 0.2) is 11.5 Å². The van der Waals surface area contributed by atoms with Crippen molar-refractivity contribution in [1.29, 1.82) is 0 Å². The first-order chi connectivity index (χ1) is 13.5. The quantitative estimate of drug-likeness (QED) is 0.833. The highest BCUT2D eigenvalue weighted by Gasteiger charge is 2.24. The molecule has 0 fully saturated rings. The molecule has 7 heteroatoms. The number of rotatable bonds is 5.